The smallest absolute Gasteiger partial charge is 0.229 e. The molecule has 1 saturated heterocycles. The molecule has 2 amide bonds. The Hall–Kier alpha value is -2.34. The average molecular weight is 348 g/mol. The van der Waals surface area contributed by atoms with Gasteiger partial charge in [0.1, 0.15) is 0 Å². The number of carbonyl (C=O) groups excluding carboxylic acids is 2. The lowest BCUT2D eigenvalue weighted by atomic mass is 10.1. The van der Waals surface area contributed by atoms with Crippen LogP contribution in [0, 0.1) is 6.92 Å². The lowest BCUT2D eigenvalue weighted by Gasteiger charge is -2.17. The summed E-state index contributed by atoms with van der Waals surface area (Å²) < 4.78 is 4.84. The Kier molecular flexibility index (Phi) is 4.85. The van der Waals surface area contributed by atoms with Crippen molar-refractivity contribution in [2.24, 2.45) is 0 Å². The van der Waals surface area contributed by atoms with E-state index in [4.69, 9.17) is 16.1 Å². The third-order valence-corrected chi connectivity index (χ3v) is 4.37. The number of benzene rings is 1. The van der Waals surface area contributed by atoms with Crippen molar-refractivity contribution in [1.29, 1.82) is 0 Å². The zero-order valence-corrected chi connectivity index (χ0v) is 14.0. The van der Waals surface area contributed by atoms with Gasteiger partial charge in [0, 0.05) is 25.1 Å². The highest BCUT2D eigenvalue weighted by Gasteiger charge is 2.30. The van der Waals surface area contributed by atoms with E-state index >= 15 is 0 Å². The number of rotatable bonds is 5. The van der Waals surface area contributed by atoms with Crippen molar-refractivity contribution in [3.63, 3.8) is 0 Å². The Labute approximate surface area is 144 Å². The predicted octanol–water partition coefficient (Wildman–Crippen LogP) is 2.10. The van der Waals surface area contributed by atoms with E-state index in [1.807, 2.05) is 30.3 Å². The fourth-order valence-electron chi connectivity index (χ4n) is 2.82. The van der Waals surface area contributed by atoms with E-state index in [9.17, 15) is 9.59 Å². The van der Waals surface area contributed by atoms with Gasteiger partial charge in [-0.1, -0.05) is 35.5 Å². The topological polar surface area (TPSA) is 75.4 Å². The molecule has 0 spiro atoms. The maximum atomic E-state index is 12.2. The van der Waals surface area contributed by atoms with E-state index < -0.39 is 0 Å². The zero-order chi connectivity index (χ0) is 17.1. The largest absolute Gasteiger partial charge is 0.351 e. The minimum atomic E-state index is -0.192. The molecule has 1 aromatic carbocycles. The van der Waals surface area contributed by atoms with Crippen LogP contribution in [0.1, 0.15) is 23.2 Å². The van der Waals surface area contributed by atoms with Gasteiger partial charge in [-0.25, -0.2) is 0 Å². The van der Waals surface area contributed by atoms with Gasteiger partial charge in [0.15, 0.2) is 0 Å². The van der Waals surface area contributed by atoms with Gasteiger partial charge in [0.05, 0.1) is 18.2 Å². The van der Waals surface area contributed by atoms with Gasteiger partial charge in [0.25, 0.3) is 0 Å². The summed E-state index contributed by atoms with van der Waals surface area (Å²) in [6.07, 6.45) is 0.409. The lowest BCUT2D eigenvalue weighted by molar-refractivity contribution is -0.128. The minimum Gasteiger partial charge on any atom is -0.351 e. The number of nitrogens with one attached hydrogen (secondary N) is 1. The van der Waals surface area contributed by atoms with Crippen molar-refractivity contribution in [3.05, 3.63) is 52.4 Å². The number of nitrogens with zero attached hydrogens (tertiary/aromatic N) is 2. The van der Waals surface area contributed by atoms with E-state index in [0.717, 1.165) is 5.56 Å². The normalized spacial score (nSPS) is 17.3. The van der Waals surface area contributed by atoms with Crippen molar-refractivity contribution in [2.45, 2.75) is 32.4 Å². The summed E-state index contributed by atoms with van der Waals surface area (Å²) in [4.78, 5) is 26.1. The van der Waals surface area contributed by atoms with E-state index in [2.05, 4.69) is 10.5 Å². The molecule has 1 aromatic heterocycles. The maximum Gasteiger partial charge on any atom is 0.229 e. The molecule has 0 saturated carbocycles. The first kappa shape index (κ1) is 16.5. The zero-order valence-electron chi connectivity index (χ0n) is 13.3. The highest BCUT2D eigenvalue weighted by molar-refractivity contribution is 6.29. The number of likely N-dealkylation sites (tertiary alicyclic amines) is 1. The molecule has 2 heterocycles. The number of aromatic nitrogens is 1. The number of halogens is 1. The third-order valence-electron chi connectivity index (χ3n) is 4.07. The molecule has 6 nitrogen and oxygen atoms in total. The molecule has 1 aliphatic heterocycles. The van der Waals surface area contributed by atoms with Gasteiger partial charge in [-0.3, -0.25) is 9.59 Å². The number of hydrogen-bond donors (Lipinski definition) is 1. The molecular weight excluding hydrogens is 330 g/mol. The molecular formula is C17H18ClN3O3. The summed E-state index contributed by atoms with van der Waals surface area (Å²) in [5.74, 6) is -0.147. The molecule has 3 rings (SSSR count). The molecule has 1 aliphatic rings. The van der Waals surface area contributed by atoms with Crippen LogP contribution < -0.4 is 5.32 Å². The van der Waals surface area contributed by atoms with Crippen LogP contribution in [0.25, 0.3) is 0 Å². The summed E-state index contributed by atoms with van der Waals surface area (Å²) in [7, 11) is 0. The van der Waals surface area contributed by atoms with E-state index in [1.165, 1.54) is 0 Å². The molecule has 0 radical (unpaired) electrons. The van der Waals surface area contributed by atoms with Crippen molar-refractivity contribution < 1.29 is 14.1 Å². The summed E-state index contributed by atoms with van der Waals surface area (Å²) in [5, 5.41) is 6.75. The average Bonchev–Trinajstić information content (AvgIpc) is 3.05. The van der Waals surface area contributed by atoms with Crippen LogP contribution in [-0.2, 0) is 22.6 Å². The summed E-state index contributed by atoms with van der Waals surface area (Å²) in [5.41, 5.74) is 2.26. The Morgan fingerprint density at radius 3 is 2.83 bits per heavy atom. The molecule has 1 N–H and O–H groups in total. The quantitative estimate of drug-likeness (QED) is 0.898. The van der Waals surface area contributed by atoms with Crippen LogP contribution in [0.4, 0.5) is 0 Å². The first-order valence-electron chi connectivity index (χ1n) is 7.74. The molecule has 0 unspecified atom stereocenters. The highest BCUT2D eigenvalue weighted by Crippen LogP contribution is 2.20. The van der Waals surface area contributed by atoms with Crippen LogP contribution in [0.5, 0.6) is 0 Å². The first-order valence-corrected chi connectivity index (χ1v) is 8.12. The Morgan fingerprint density at radius 2 is 2.17 bits per heavy atom. The molecule has 7 heteroatoms. The number of carbonyl (C=O) groups is 2. The van der Waals surface area contributed by atoms with Crippen molar-refractivity contribution in [2.75, 3.05) is 6.54 Å². The predicted molar refractivity (Wildman–Crippen MR) is 88.4 cm³/mol. The molecule has 24 heavy (non-hydrogen) atoms. The van der Waals surface area contributed by atoms with E-state index in [0.29, 0.717) is 30.8 Å². The van der Waals surface area contributed by atoms with Crippen LogP contribution in [0.2, 0.25) is 5.22 Å². The van der Waals surface area contributed by atoms with E-state index in [1.54, 1.807) is 11.8 Å². The summed E-state index contributed by atoms with van der Waals surface area (Å²) >= 11 is 5.87. The van der Waals surface area contributed by atoms with Gasteiger partial charge in [-0.05, 0) is 24.1 Å². The Balaban J connectivity index is 1.55. The van der Waals surface area contributed by atoms with Crippen molar-refractivity contribution in [1.82, 2.24) is 15.4 Å². The van der Waals surface area contributed by atoms with Crippen LogP contribution in [-0.4, -0.2) is 34.5 Å². The molecule has 126 valence electrons. The van der Waals surface area contributed by atoms with Gasteiger partial charge in [0.2, 0.25) is 17.0 Å². The molecule has 2 aromatic rings. The summed E-state index contributed by atoms with van der Waals surface area (Å²) in [6.45, 7) is 2.80. The second-order valence-electron chi connectivity index (χ2n) is 5.93. The fraction of sp³-hybridized carbons (Fsp3) is 0.353. The summed E-state index contributed by atoms with van der Waals surface area (Å²) in [6, 6.07) is 9.61. The highest BCUT2D eigenvalue weighted by atomic mass is 35.5. The standard InChI is InChI=1S/C17H18ClN3O3/c1-11-14(17(18)24-20-11)8-15(22)19-13-7-16(23)21(10-13)9-12-5-3-2-4-6-12/h2-6,13H,7-10H2,1H3,(H,19,22)/t13-/m0/s1. The minimum absolute atomic E-state index is 0.0448. The van der Waals surface area contributed by atoms with Crippen LogP contribution in [0.3, 0.4) is 0 Å². The lowest BCUT2D eigenvalue weighted by Crippen LogP contribution is -2.37. The van der Waals surface area contributed by atoms with Crippen LogP contribution >= 0.6 is 11.6 Å². The van der Waals surface area contributed by atoms with Gasteiger partial charge >= 0.3 is 0 Å². The van der Waals surface area contributed by atoms with Crippen molar-refractivity contribution >= 4 is 23.4 Å². The molecule has 1 atom stereocenters. The number of hydrogen-bond acceptors (Lipinski definition) is 4. The monoisotopic (exact) mass is 347 g/mol. The molecule has 0 bridgehead atoms. The van der Waals surface area contributed by atoms with Gasteiger partial charge in [-0.15, -0.1) is 0 Å². The SMILES string of the molecule is Cc1noc(Cl)c1CC(=O)N[C@H]1CC(=O)N(Cc2ccccc2)C1. The van der Waals surface area contributed by atoms with Crippen LogP contribution in [0.15, 0.2) is 34.9 Å². The van der Waals surface area contributed by atoms with Crippen molar-refractivity contribution in [3.8, 4) is 0 Å². The second kappa shape index (κ2) is 7.05. The van der Waals surface area contributed by atoms with E-state index in [-0.39, 0.29) is 29.5 Å². The Bertz CT molecular complexity index is 725. The fourth-order valence-corrected chi connectivity index (χ4v) is 3.06. The molecule has 0 aliphatic carbocycles. The molecule has 1 fully saturated rings. The first-order chi connectivity index (χ1) is 11.5. The second-order valence-corrected chi connectivity index (χ2v) is 6.27. The Morgan fingerprint density at radius 1 is 1.42 bits per heavy atom. The third kappa shape index (κ3) is 3.76. The number of amides is 2. The van der Waals surface area contributed by atoms with Gasteiger partial charge < -0.3 is 14.7 Å². The maximum absolute atomic E-state index is 12.2. The number of aryl methyl sites for hydroxylation is 1. The van der Waals surface area contributed by atoms with Gasteiger partial charge in [-0.2, -0.15) is 0 Å².